The van der Waals surface area contributed by atoms with Crippen LogP contribution < -0.4 is 0 Å². The number of benzene rings is 2. The Morgan fingerprint density at radius 3 is 2.73 bits per heavy atom. The smallest absolute Gasteiger partial charge is 0.341 e. The lowest BCUT2D eigenvalue weighted by Gasteiger charge is -2.17. The first-order valence-electron chi connectivity index (χ1n) is 8.04. The van der Waals surface area contributed by atoms with E-state index in [2.05, 4.69) is 4.99 Å². The van der Waals surface area contributed by atoms with Gasteiger partial charge in [-0.15, -0.1) is 11.8 Å². The largest absolute Gasteiger partial charge is 0.503 e. The van der Waals surface area contributed by atoms with Crippen LogP contribution in [0.4, 0.5) is 5.69 Å². The first kappa shape index (κ1) is 18.1. The van der Waals surface area contributed by atoms with Crippen LogP contribution in [0.25, 0.3) is 5.57 Å². The number of hydrogen-bond acceptors (Lipinski definition) is 6. The van der Waals surface area contributed by atoms with Gasteiger partial charge in [0, 0.05) is 4.90 Å². The molecule has 0 spiro atoms. The second kappa shape index (κ2) is 8.58. The Hall–Kier alpha value is -2.73. The zero-order valence-electron chi connectivity index (χ0n) is 14.6. The van der Waals surface area contributed by atoms with Crippen LogP contribution in [0.1, 0.15) is 11.1 Å². The first-order chi connectivity index (χ1) is 12.7. The summed E-state index contributed by atoms with van der Waals surface area (Å²) in [4.78, 5) is 17.8. The molecule has 0 amide bonds. The molecule has 1 heterocycles. The highest BCUT2D eigenvalue weighted by atomic mass is 32.2. The average molecular weight is 369 g/mol. The zero-order chi connectivity index (χ0) is 18.4. The molecular weight excluding hydrogens is 350 g/mol. The summed E-state index contributed by atoms with van der Waals surface area (Å²) in [6.07, 6.45) is 1.38. The highest BCUT2D eigenvalue weighted by Gasteiger charge is 2.18. The fourth-order valence-electron chi connectivity index (χ4n) is 2.57. The first-order valence-corrected chi connectivity index (χ1v) is 9.03. The van der Waals surface area contributed by atoms with E-state index in [4.69, 9.17) is 14.2 Å². The van der Waals surface area contributed by atoms with E-state index in [1.807, 2.05) is 48.5 Å². The minimum Gasteiger partial charge on any atom is -0.503 e. The molecule has 0 N–H and O–H groups in total. The third-order valence-electron chi connectivity index (χ3n) is 3.80. The summed E-state index contributed by atoms with van der Waals surface area (Å²) in [6, 6.07) is 15.5. The van der Waals surface area contributed by atoms with Crippen molar-refractivity contribution >= 4 is 34.9 Å². The third-order valence-corrected chi connectivity index (χ3v) is 4.85. The Bertz CT molecular complexity index is 860. The van der Waals surface area contributed by atoms with E-state index in [0.29, 0.717) is 29.4 Å². The Kier molecular flexibility index (Phi) is 5.96. The van der Waals surface area contributed by atoms with Crippen molar-refractivity contribution in [2.75, 3.05) is 20.0 Å². The molecule has 0 unspecified atom stereocenters. The van der Waals surface area contributed by atoms with Crippen LogP contribution in [-0.2, 0) is 25.6 Å². The van der Waals surface area contributed by atoms with Gasteiger partial charge in [-0.2, -0.15) is 0 Å². The average Bonchev–Trinajstić information content (AvgIpc) is 2.70. The Labute approximate surface area is 156 Å². The zero-order valence-corrected chi connectivity index (χ0v) is 15.4. The molecule has 0 atom stereocenters. The van der Waals surface area contributed by atoms with Crippen LogP contribution in [0.2, 0.25) is 0 Å². The topological polar surface area (TPSA) is 57.1 Å². The summed E-state index contributed by atoms with van der Waals surface area (Å²) >= 11 is 1.70. The molecule has 0 radical (unpaired) electrons. The van der Waals surface area contributed by atoms with Crippen LogP contribution in [-0.4, -0.2) is 31.8 Å². The van der Waals surface area contributed by atoms with Gasteiger partial charge in [-0.1, -0.05) is 36.4 Å². The molecule has 6 heteroatoms. The quantitative estimate of drug-likeness (QED) is 0.449. The maximum Gasteiger partial charge on any atom is 0.341 e. The fourth-order valence-corrected chi connectivity index (χ4v) is 3.43. The number of para-hydroxylation sites is 1. The van der Waals surface area contributed by atoms with Crippen molar-refractivity contribution in [1.29, 1.82) is 0 Å². The molecule has 0 fully saturated rings. The van der Waals surface area contributed by atoms with E-state index in [9.17, 15) is 4.79 Å². The number of esters is 1. The second-order valence-corrected chi connectivity index (χ2v) is 6.48. The van der Waals surface area contributed by atoms with Gasteiger partial charge in [-0.25, -0.2) is 9.79 Å². The summed E-state index contributed by atoms with van der Waals surface area (Å²) in [5.74, 6) is 0.884. The minimum atomic E-state index is -0.459. The van der Waals surface area contributed by atoms with Gasteiger partial charge in [0.2, 0.25) is 0 Å². The number of carbonyl (C=O) groups excluding carboxylic acids is 1. The number of methoxy groups -OCH3 is 2. The molecule has 5 nitrogen and oxygen atoms in total. The van der Waals surface area contributed by atoms with E-state index in [1.165, 1.54) is 20.5 Å². The van der Waals surface area contributed by atoms with Crippen molar-refractivity contribution < 1.29 is 19.0 Å². The summed E-state index contributed by atoms with van der Waals surface area (Å²) in [7, 11) is 2.84. The van der Waals surface area contributed by atoms with Crippen molar-refractivity contribution in [2.45, 2.75) is 11.5 Å². The Morgan fingerprint density at radius 2 is 1.92 bits per heavy atom. The predicted octanol–water partition coefficient (Wildman–Crippen LogP) is 4.20. The van der Waals surface area contributed by atoms with E-state index >= 15 is 0 Å². The number of hydrogen-bond donors (Lipinski definition) is 0. The molecule has 3 rings (SSSR count). The predicted molar refractivity (Wildman–Crippen MR) is 102 cm³/mol. The fraction of sp³-hybridized carbons (Fsp3) is 0.200. The van der Waals surface area contributed by atoms with Gasteiger partial charge in [0.25, 0.3) is 0 Å². The SMILES string of the molecule is CO/C=C(/C(=O)OC)c1ccccc1COC1=Nc2ccccc2SC1. The van der Waals surface area contributed by atoms with Crippen molar-refractivity contribution in [3.8, 4) is 0 Å². The normalized spacial score (nSPS) is 13.5. The van der Waals surface area contributed by atoms with Crippen molar-refractivity contribution in [2.24, 2.45) is 4.99 Å². The van der Waals surface area contributed by atoms with Crippen LogP contribution in [0, 0.1) is 0 Å². The number of rotatable bonds is 5. The summed E-state index contributed by atoms with van der Waals surface area (Å²) in [5, 5.41) is 0. The van der Waals surface area contributed by atoms with E-state index in [0.717, 1.165) is 16.1 Å². The monoisotopic (exact) mass is 369 g/mol. The number of ether oxygens (including phenoxy) is 3. The maximum absolute atomic E-state index is 12.1. The number of thioether (sulfide) groups is 1. The summed E-state index contributed by atoms with van der Waals surface area (Å²) in [6.45, 7) is 0.301. The van der Waals surface area contributed by atoms with Gasteiger partial charge in [-0.05, 0) is 23.3 Å². The van der Waals surface area contributed by atoms with E-state index in [-0.39, 0.29) is 0 Å². The summed E-state index contributed by atoms with van der Waals surface area (Å²) in [5.41, 5.74) is 2.83. The van der Waals surface area contributed by atoms with Crippen molar-refractivity contribution in [3.05, 3.63) is 65.9 Å². The molecule has 0 saturated heterocycles. The number of fused-ring (bicyclic) bond motifs is 1. The molecule has 2 aromatic rings. The minimum absolute atomic E-state index is 0.301. The Balaban J connectivity index is 1.80. The molecule has 0 bridgehead atoms. The van der Waals surface area contributed by atoms with Gasteiger partial charge in [0.15, 0.2) is 5.90 Å². The molecular formula is C20H19NO4S. The van der Waals surface area contributed by atoms with Gasteiger partial charge < -0.3 is 14.2 Å². The Morgan fingerprint density at radius 1 is 1.15 bits per heavy atom. The van der Waals surface area contributed by atoms with Crippen LogP contribution in [0.5, 0.6) is 0 Å². The lowest BCUT2D eigenvalue weighted by atomic mass is 10.0. The van der Waals surface area contributed by atoms with Crippen LogP contribution in [0.3, 0.4) is 0 Å². The molecule has 2 aromatic carbocycles. The molecule has 0 saturated carbocycles. The number of nitrogens with zero attached hydrogens (tertiary/aromatic N) is 1. The molecule has 26 heavy (non-hydrogen) atoms. The molecule has 134 valence electrons. The molecule has 1 aliphatic rings. The molecule has 0 aromatic heterocycles. The second-order valence-electron chi connectivity index (χ2n) is 5.47. The lowest BCUT2D eigenvalue weighted by Crippen LogP contribution is -2.12. The van der Waals surface area contributed by atoms with E-state index in [1.54, 1.807) is 11.8 Å². The highest BCUT2D eigenvalue weighted by Crippen LogP contribution is 2.33. The van der Waals surface area contributed by atoms with Gasteiger partial charge >= 0.3 is 5.97 Å². The standard InChI is InChI=1S/C20H19NO4S/c1-23-12-16(20(22)24-2)15-8-4-3-7-14(15)11-25-19-13-26-18-10-6-5-9-17(18)21-19/h3-10,12H,11,13H2,1-2H3/b16-12+. The third kappa shape index (κ3) is 4.08. The number of carbonyl (C=O) groups is 1. The van der Waals surface area contributed by atoms with E-state index < -0.39 is 5.97 Å². The van der Waals surface area contributed by atoms with Crippen molar-refractivity contribution in [1.82, 2.24) is 0 Å². The summed E-state index contributed by atoms with van der Waals surface area (Å²) < 4.78 is 15.8. The van der Waals surface area contributed by atoms with Gasteiger partial charge in [0.05, 0.1) is 31.9 Å². The van der Waals surface area contributed by atoms with Crippen LogP contribution >= 0.6 is 11.8 Å². The van der Waals surface area contributed by atoms with Crippen molar-refractivity contribution in [3.63, 3.8) is 0 Å². The molecule has 1 aliphatic heterocycles. The van der Waals surface area contributed by atoms with Gasteiger partial charge in [-0.3, -0.25) is 0 Å². The highest BCUT2D eigenvalue weighted by molar-refractivity contribution is 8.00. The van der Waals surface area contributed by atoms with Crippen LogP contribution in [0.15, 0.2) is 64.7 Å². The maximum atomic E-state index is 12.1. The van der Waals surface area contributed by atoms with Gasteiger partial charge in [0.1, 0.15) is 12.2 Å². The lowest BCUT2D eigenvalue weighted by molar-refractivity contribution is -0.133. The number of aliphatic imine (C=N–C) groups is 1. The molecule has 0 aliphatic carbocycles.